The number of carbonyl (C=O) groups is 1. The lowest BCUT2D eigenvalue weighted by atomic mass is 9.93. The van der Waals surface area contributed by atoms with E-state index < -0.39 is 22.2 Å². The molecule has 1 aromatic heterocycles. The van der Waals surface area contributed by atoms with Gasteiger partial charge in [0.15, 0.2) is 5.16 Å². The Kier molecular flexibility index (Phi) is 6.09. The number of nitrogens with zero attached hydrogens (tertiary/aromatic N) is 4. The normalized spacial score (nSPS) is 11.4. The zero-order chi connectivity index (χ0) is 22.1. The second-order valence-electron chi connectivity index (χ2n) is 6.97. The van der Waals surface area contributed by atoms with E-state index >= 15 is 0 Å². The molecule has 0 spiro atoms. The van der Waals surface area contributed by atoms with Crippen molar-refractivity contribution < 1.29 is 14.1 Å². The highest BCUT2D eigenvalue weighted by Crippen LogP contribution is 2.34. The predicted molar refractivity (Wildman–Crippen MR) is 110 cm³/mol. The number of nitro groups is 1. The molecule has 156 valence electrons. The summed E-state index contributed by atoms with van der Waals surface area (Å²) in [6.07, 6.45) is 1.48. The molecule has 1 heterocycles. The van der Waals surface area contributed by atoms with E-state index in [0.29, 0.717) is 15.6 Å². The Morgan fingerprint density at radius 1 is 1.30 bits per heavy atom. The standard InChI is InChI=1S/C19H17ClFN5O3S/c1-19(2,13-6-5-12(21)9-14(13)20)23-17(27)11-4-7-16(15(8-11)26(28)29)30-18-24-22-10-25(18)3/h4-10H,1-3H3,(H,23,27). The van der Waals surface area contributed by atoms with Gasteiger partial charge in [0.1, 0.15) is 12.1 Å². The molecule has 0 fully saturated rings. The molecule has 0 unspecified atom stereocenters. The van der Waals surface area contributed by atoms with E-state index in [-0.39, 0.29) is 16.3 Å². The Bertz CT molecular complexity index is 1140. The molecule has 0 bridgehead atoms. The van der Waals surface area contributed by atoms with Crippen LogP contribution in [-0.4, -0.2) is 25.6 Å². The number of aromatic nitrogens is 3. The molecule has 0 aliphatic heterocycles. The number of rotatable bonds is 6. The molecule has 0 saturated heterocycles. The smallest absolute Gasteiger partial charge is 0.284 e. The molecule has 30 heavy (non-hydrogen) atoms. The number of nitro benzene ring substituents is 1. The number of aryl methyl sites for hydroxylation is 1. The van der Waals surface area contributed by atoms with Crippen LogP contribution in [0.1, 0.15) is 29.8 Å². The SMILES string of the molecule is Cn1cnnc1Sc1ccc(C(=O)NC(C)(C)c2ccc(F)cc2Cl)cc1[N+](=O)[O-]. The fourth-order valence-electron chi connectivity index (χ4n) is 2.77. The van der Waals surface area contributed by atoms with Crippen molar-refractivity contribution in [1.29, 1.82) is 0 Å². The first-order valence-corrected chi connectivity index (χ1v) is 9.86. The minimum absolute atomic E-state index is 0.107. The van der Waals surface area contributed by atoms with Gasteiger partial charge in [-0.25, -0.2) is 4.39 Å². The van der Waals surface area contributed by atoms with Crippen LogP contribution in [0.4, 0.5) is 10.1 Å². The number of carbonyl (C=O) groups excluding carboxylic acids is 1. The van der Waals surface area contributed by atoms with Crippen molar-refractivity contribution in [2.24, 2.45) is 7.05 Å². The van der Waals surface area contributed by atoms with Crippen LogP contribution in [0.2, 0.25) is 5.02 Å². The van der Waals surface area contributed by atoms with Gasteiger partial charge in [-0.3, -0.25) is 14.9 Å². The fourth-order valence-corrected chi connectivity index (χ4v) is 4.02. The Labute approximate surface area is 180 Å². The summed E-state index contributed by atoms with van der Waals surface area (Å²) in [5.41, 5.74) is -0.547. The van der Waals surface area contributed by atoms with Crippen LogP contribution in [-0.2, 0) is 12.6 Å². The third-order valence-electron chi connectivity index (χ3n) is 4.32. The first-order chi connectivity index (χ1) is 14.1. The lowest BCUT2D eigenvalue weighted by Gasteiger charge is -2.28. The van der Waals surface area contributed by atoms with E-state index in [1.165, 1.54) is 36.7 Å². The summed E-state index contributed by atoms with van der Waals surface area (Å²) in [7, 11) is 1.72. The number of nitrogens with one attached hydrogen (secondary N) is 1. The molecule has 3 rings (SSSR count). The molecular weight excluding hydrogens is 433 g/mol. The topological polar surface area (TPSA) is 103 Å². The van der Waals surface area contributed by atoms with E-state index in [0.717, 1.165) is 17.8 Å². The Morgan fingerprint density at radius 3 is 2.63 bits per heavy atom. The number of amides is 1. The summed E-state index contributed by atoms with van der Waals surface area (Å²) in [5.74, 6) is -1.02. The van der Waals surface area contributed by atoms with Crippen LogP contribution in [0.25, 0.3) is 0 Å². The van der Waals surface area contributed by atoms with Crippen LogP contribution >= 0.6 is 23.4 Å². The third-order valence-corrected chi connectivity index (χ3v) is 5.75. The van der Waals surface area contributed by atoms with Crippen molar-refractivity contribution in [2.75, 3.05) is 0 Å². The van der Waals surface area contributed by atoms with Gasteiger partial charge in [0.05, 0.1) is 15.4 Å². The van der Waals surface area contributed by atoms with Crippen LogP contribution in [0, 0.1) is 15.9 Å². The highest BCUT2D eigenvalue weighted by Gasteiger charge is 2.27. The zero-order valence-corrected chi connectivity index (χ0v) is 17.8. The van der Waals surface area contributed by atoms with Crippen molar-refractivity contribution in [3.63, 3.8) is 0 Å². The maximum absolute atomic E-state index is 13.3. The van der Waals surface area contributed by atoms with Gasteiger partial charge in [-0.1, -0.05) is 17.7 Å². The summed E-state index contributed by atoms with van der Waals surface area (Å²) in [6, 6.07) is 8.08. The van der Waals surface area contributed by atoms with Crippen LogP contribution in [0.5, 0.6) is 0 Å². The van der Waals surface area contributed by atoms with Gasteiger partial charge in [0.2, 0.25) is 0 Å². The van der Waals surface area contributed by atoms with Crippen molar-refractivity contribution in [3.05, 3.63) is 74.8 Å². The van der Waals surface area contributed by atoms with Crippen molar-refractivity contribution in [2.45, 2.75) is 29.4 Å². The molecule has 11 heteroatoms. The highest BCUT2D eigenvalue weighted by atomic mass is 35.5. The summed E-state index contributed by atoms with van der Waals surface area (Å²) in [5, 5.41) is 22.6. The van der Waals surface area contributed by atoms with Crippen molar-refractivity contribution in [1.82, 2.24) is 20.1 Å². The quantitative estimate of drug-likeness (QED) is 0.443. The van der Waals surface area contributed by atoms with Gasteiger partial charge in [0.25, 0.3) is 11.6 Å². The molecule has 0 aliphatic rings. The molecular formula is C19H17ClFN5O3S. The van der Waals surface area contributed by atoms with Gasteiger partial charge in [0, 0.05) is 23.7 Å². The van der Waals surface area contributed by atoms with Crippen molar-refractivity contribution >= 4 is 35.0 Å². The van der Waals surface area contributed by atoms with Gasteiger partial charge in [-0.05, 0) is 55.4 Å². The Balaban J connectivity index is 1.87. The first kappa shape index (κ1) is 21.7. The molecule has 1 N–H and O–H groups in total. The minimum Gasteiger partial charge on any atom is -0.343 e. The van der Waals surface area contributed by atoms with E-state index in [2.05, 4.69) is 15.5 Å². The molecule has 0 radical (unpaired) electrons. The second-order valence-corrected chi connectivity index (χ2v) is 8.39. The van der Waals surface area contributed by atoms with Crippen LogP contribution < -0.4 is 5.32 Å². The highest BCUT2D eigenvalue weighted by molar-refractivity contribution is 7.99. The summed E-state index contributed by atoms with van der Waals surface area (Å²) in [4.78, 5) is 24.1. The van der Waals surface area contributed by atoms with E-state index in [4.69, 9.17) is 11.6 Å². The molecule has 0 aliphatic carbocycles. The lowest BCUT2D eigenvalue weighted by molar-refractivity contribution is -0.387. The largest absolute Gasteiger partial charge is 0.343 e. The summed E-state index contributed by atoms with van der Waals surface area (Å²) >= 11 is 7.19. The number of benzene rings is 2. The number of hydrogen-bond donors (Lipinski definition) is 1. The molecule has 3 aromatic rings. The predicted octanol–water partition coefficient (Wildman–Crippen LogP) is 4.33. The maximum Gasteiger partial charge on any atom is 0.284 e. The van der Waals surface area contributed by atoms with Gasteiger partial charge in [-0.15, -0.1) is 10.2 Å². The fraction of sp³-hybridized carbons (Fsp3) is 0.211. The average Bonchev–Trinajstić information content (AvgIpc) is 3.05. The molecule has 0 atom stereocenters. The average molecular weight is 450 g/mol. The van der Waals surface area contributed by atoms with E-state index in [9.17, 15) is 19.3 Å². The van der Waals surface area contributed by atoms with Crippen molar-refractivity contribution in [3.8, 4) is 0 Å². The van der Waals surface area contributed by atoms with Crippen LogP contribution in [0.15, 0.2) is 52.8 Å². The first-order valence-electron chi connectivity index (χ1n) is 8.67. The third kappa shape index (κ3) is 4.60. The Hall–Kier alpha value is -2.98. The van der Waals surface area contributed by atoms with Gasteiger partial charge in [-0.2, -0.15) is 0 Å². The maximum atomic E-state index is 13.3. The zero-order valence-electron chi connectivity index (χ0n) is 16.2. The molecule has 2 aromatic carbocycles. The molecule has 1 amide bonds. The van der Waals surface area contributed by atoms with Crippen LogP contribution in [0.3, 0.4) is 0 Å². The summed E-state index contributed by atoms with van der Waals surface area (Å²) in [6.45, 7) is 3.41. The second kappa shape index (κ2) is 8.41. The summed E-state index contributed by atoms with van der Waals surface area (Å²) < 4.78 is 15.0. The van der Waals surface area contributed by atoms with Gasteiger partial charge >= 0.3 is 0 Å². The molecule has 8 nitrogen and oxygen atoms in total. The number of hydrogen-bond acceptors (Lipinski definition) is 6. The minimum atomic E-state index is -0.942. The molecule has 0 saturated carbocycles. The van der Waals surface area contributed by atoms with E-state index in [1.54, 1.807) is 25.5 Å². The van der Waals surface area contributed by atoms with Gasteiger partial charge < -0.3 is 9.88 Å². The monoisotopic (exact) mass is 449 g/mol. The number of halogens is 2. The lowest BCUT2D eigenvalue weighted by Crippen LogP contribution is -2.41. The Morgan fingerprint density at radius 2 is 2.03 bits per heavy atom. The van der Waals surface area contributed by atoms with E-state index in [1.807, 2.05) is 0 Å².